The van der Waals surface area contributed by atoms with Crippen molar-refractivity contribution in [3.8, 4) is 0 Å². The van der Waals surface area contributed by atoms with Gasteiger partial charge < -0.3 is 15.0 Å². The summed E-state index contributed by atoms with van der Waals surface area (Å²) in [5.74, 6) is -1.32. The zero-order valence-electron chi connectivity index (χ0n) is 13.2. The van der Waals surface area contributed by atoms with E-state index >= 15 is 0 Å². The Morgan fingerprint density at radius 3 is 2.39 bits per heavy atom. The lowest BCUT2D eigenvalue weighted by Crippen LogP contribution is -2.55. The number of carbonyl (C=O) groups is 2. The van der Waals surface area contributed by atoms with Crippen molar-refractivity contribution in [1.82, 2.24) is 9.29 Å². The number of primary amides is 1. The van der Waals surface area contributed by atoms with E-state index in [1.807, 2.05) is 0 Å². The summed E-state index contributed by atoms with van der Waals surface area (Å²) in [5, 5.41) is 0. The first kappa shape index (κ1) is 17.5. The van der Waals surface area contributed by atoms with Gasteiger partial charge in [-0.15, -0.1) is 0 Å². The van der Waals surface area contributed by atoms with Crippen LogP contribution in [0.1, 0.15) is 42.6 Å². The van der Waals surface area contributed by atoms with Crippen LogP contribution in [0.4, 0.5) is 0 Å². The SMILES string of the molecule is COC(=O)C1(NS(=O)(=O)c2cc(C(N)=O)n(C)c2)CCCCC1. The summed E-state index contributed by atoms with van der Waals surface area (Å²) in [6.07, 6.45) is 4.47. The third kappa shape index (κ3) is 3.40. The Labute approximate surface area is 135 Å². The maximum atomic E-state index is 12.6. The number of hydrogen-bond donors (Lipinski definition) is 2. The molecule has 2 rings (SSSR count). The molecule has 1 fully saturated rings. The molecule has 1 amide bonds. The predicted molar refractivity (Wildman–Crippen MR) is 82.1 cm³/mol. The van der Waals surface area contributed by atoms with E-state index in [-0.39, 0.29) is 10.6 Å². The summed E-state index contributed by atoms with van der Waals surface area (Å²) in [5.41, 5.74) is 4.02. The quantitative estimate of drug-likeness (QED) is 0.744. The zero-order chi connectivity index (χ0) is 17.3. The molecule has 0 bridgehead atoms. The van der Waals surface area contributed by atoms with E-state index in [1.54, 1.807) is 0 Å². The number of hydrogen-bond acceptors (Lipinski definition) is 5. The number of ether oxygens (including phenoxy) is 1. The van der Waals surface area contributed by atoms with E-state index in [9.17, 15) is 18.0 Å². The summed E-state index contributed by atoms with van der Waals surface area (Å²) in [7, 11) is -1.23. The molecule has 1 saturated carbocycles. The van der Waals surface area contributed by atoms with Crippen molar-refractivity contribution in [2.45, 2.75) is 42.5 Å². The minimum atomic E-state index is -3.99. The van der Waals surface area contributed by atoms with Crippen LogP contribution in [0.25, 0.3) is 0 Å². The molecule has 0 aromatic carbocycles. The second-order valence-electron chi connectivity index (χ2n) is 5.78. The molecule has 1 aromatic rings. The highest BCUT2D eigenvalue weighted by atomic mass is 32.2. The number of amides is 1. The third-order valence-corrected chi connectivity index (χ3v) is 5.66. The molecule has 1 aromatic heterocycles. The van der Waals surface area contributed by atoms with E-state index in [2.05, 4.69) is 4.72 Å². The van der Waals surface area contributed by atoms with Gasteiger partial charge in [-0.05, 0) is 18.9 Å². The standard InChI is InChI=1S/C14H21N3O5S/c1-17-9-10(8-11(17)12(15)18)23(20,21)16-14(13(19)22-2)6-4-3-5-7-14/h8-9,16H,3-7H2,1-2H3,(H2,15,18). The van der Waals surface area contributed by atoms with Gasteiger partial charge in [0.2, 0.25) is 10.0 Å². The normalized spacial score (nSPS) is 17.7. The minimum absolute atomic E-state index is 0.0705. The smallest absolute Gasteiger partial charge is 0.327 e. The zero-order valence-corrected chi connectivity index (χ0v) is 14.0. The minimum Gasteiger partial charge on any atom is -0.468 e. The van der Waals surface area contributed by atoms with Crippen LogP contribution in [0, 0.1) is 0 Å². The first-order valence-electron chi connectivity index (χ1n) is 7.30. The molecule has 1 aliphatic rings. The van der Waals surface area contributed by atoms with Gasteiger partial charge in [-0.25, -0.2) is 8.42 Å². The molecule has 3 N–H and O–H groups in total. The molecule has 8 nitrogen and oxygen atoms in total. The molecule has 0 atom stereocenters. The van der Waals surface area contributed by atoms with Crippen molar-refractivity contribution in [3.63, 3.8) is 0 Å². The Morgan fingerprint density at radius 1 is 1.30 bits per heavy atom. The number of nitrogens with one attached hydrogen (secondary N) is 1. The van der Waals surface area contributed by atoms with Gasteiger partial charge in [-0.3, -0.25) is 9.59 Å². The van der Waals surface area contributed by atoms with Crippen LogP contribution in [-0.4, -0.2) is 37.5 Å². The van der Waals surface area contributed by atoms with Crippen LogP contribution < -0.4 is 10.5 Å². The highest BCUT2D eigenvalue weighted by Gasteiger charge is 2.44. The maximum absolute atomic E-state index is 12.6. The Bertz CT molecular complexity index is 717. The largest absolute Gasteiger partial charge is 0.468 e. The number of nitrogens with two attached hydrogens (primary N) is 1. The lowest BCUT2D eigenvalue weighted by Gasteiger charge is -2.34. The Morgan fingerprint density at radius 2 is 1.91 bits per heavy atom. The van der Waals surface area contributed by atoms with Crippen molar-refractivity contribution in [2.24, 2.45) is 12.8 Å². The van der Waals surface area contributed by atoms with Crippen LogP contribution in [0.15, 0.2) is 17.2 Å². The van der Waals surface area contributed by atoms with Crippen molar-refractivity contribution >= 4 is 21.9 Å². The summed E-state index contributed by atoms with van der Waals surface area (Å²) in [6, 6.07) is 1.19. The highest BCUT2D eigenvalue weighted by Crippen LogP contribution is 2.31. The molecule has 1 heterocycles. The molecule has 1 aliphatic carbocycles. The van der Waals surface area contributed by atoms with E-state index < -0.39 is 27.4 Å². The number of aryl methyl sites for hydroxylation is 1. The molecule has 23 heavy (non-hydrogen) atoms. The highest BCUT2D eigenvalue weighted by molar-refractivity contribution is 7.89. The molecule has 0 unspecified atom stereocenters. The van der Waals surface area contributed by atoms with Crippen LogP contribution >= 0.6 is 0 Å². The van der Waals surface area contributed by atoms with Crippen molar-refractivity contribution in [3.05, 3.63) is 18.0 Å². The molecular formula is C14H21N3O5S. The molecule has 9 heteroatoms. The summed E-state index contributed by atoms with van der Waals surface area (Å²) >= 11 is 0. The second kappa shape index (κ2) is 6.32. The lowest BCUT2D eigenvalue weighted by atomic mass is 9.83. The van der Waals surface area contributed by atoms with E-state index in [0.717, 1.165) is 19.3 Å². The second-order valence-corrected chi connectivity index (χ2v) is 7.46. The van der Waals surface area contributed by atoms with E-state index in [0.29, 0.717) is 12.8 Å². The molecule has 0 radical (unpaired) electrons. The Balaban J connectivity index is 2.36. The van der Waals surface area contributed by atoms with Gasteiger partial charge in [-0.1, -0.05) is 19.3 Å². The Hall–Kier alpha value is -1.87. The molecule has 0 aliphatic heterocycles. The number of rotatable bonds is 5. The van der Waals surface area contributed by atoms with Crippen LogP contribution in [-0.2, 0) is 26.6 Å². The van der Waals surface area contributed by atoms with Gasteiger partial charge in [0.15, 0.2) is 0 Å². The molecule has 128 valence electrons. The fraction of sp³-hybridized carbons (Fsp3) is 0.571. The number of nitrogens with zero attached hydrogens (tertiary/aromatic N) is 1. The van der Waals surface area contributed by atoms with Crippen molar-refractivity contribution < 1.29 is 22.7 Å². The van der Waals surface area contributed by atoms with Crippen LogP contribution in [0.5, 0.6) is 0 Å². The van der Waals surface area contributed by atoms with E-state index in [1.165, 1.54) is 31.0 Å². The van der Waals surface area contributed by atoms with Gasteiger partial charge in [0.1, 0.15) is 16.1 Å². The van der Waals surface area contributed by atoms with Crippen molar-refractivity contribution in [2.75, 3.05) is 7.11 Å². The summed E-state index contributed by atoms with van der Waals surface area (Å²) in [6.45, 7) is 0. The van der Waals surface area contributed by atoms with Gasteiger partial charge in [0.25, 0.3) is 5.91 Å². The maximum Gasteiger partial charge on any atom is 0.327 e. The average molecular weight is 343 g/mol. The number of sulfonamides is 1. The topological polar surface area (TPSA) is 120 Å². The van der Waals surface area contributed by atoms with Crippen LogP contribution in [0.2, 0.25) is 0 Å². The molecular weight excluding hydrogens is 322 g/mol. The van der Waals surface area contributed by atoms with Crippen LogP contribution in [0.3, 0.4) is 0 Å². The fourth-order valence-electron chi connectivity index (χ4n) is 2.94. The number of carbonyl (C=O) groups excluding carboxylic acids is 2. The third-order valence-electron chi connectivity index (χ3n) is 4.16. The molecule has 0 spiro atoms. The average Bonchev–Trinajstić information content (AvgIpc) is 2.90. The van der Waals surface area contributed by atoms with Gasteiger partial charge in [-0.2, -0.15) is 4.72 Å². The first-order chi connectivity index (χ1) is 10.7. The lowest BCUT2D eigenvalue weighted by molar-refractivity contribution is -0.149. The molecule has 0 saturated heterocycles. The summed E-state index contributed by atoms with van der Waals surface area (Å²) in [4.78, 5) is 23.3. The van der Waals surface area contributed by atoms with Crippen molar-refractivity contribution in [1.29, 1.82) is 0 Å². The van der Waals surface area contributed by atoms with Gasteiger partial charge in [0, 0.05) is 13.2 Å². The number of aromatic nitrogens is 1. The van der Waals surface area contributed by atoms with E-state index in [4.69, 9.17) is 10.5 Å². The number of methoxy groups -OCH3 is 1. The fourth-order valence-corrected chi connectivity index (χ4v) is 4.42. The predicted octanol–water partition coefficient (Wildman–Crippen LogP) is 0.278. The first-order valence-corrected chi connectivity index (χ1v) is 8.79. The monoisotopic (exact) mass is 343 g/mol. The van der Waals surface area contributed by atoms with Gasteiger partial charge in [0.05, 0.1) is 7.11 Å². The van der Waals surface area contributed by atoms with Gasteiger partial charge >= 0.3 is 5.97 Å². The number of esters is 1. The Kier molecular flexibility index (Phi) is 4.81. The summed E-state index contributed by atoms with van der Waals surface area (Å²) < 4.78 is 33.9.